The molecule has 6 rings (SSSR count). The highest BCUT2D eigenvalue weighted by Gasteiger charge is 2.48. The van der Waals surface area contributed by atoms with Crippen molar-refractivity contribution in [2.45, 2.75) is 12.6 Å². The van der Waals surface area contributed by atoms with Gasteiger partial charge in [-0.25, -0.2) is 4.98 Å². The molecule has 2 aliphatic heterocycles. The number of ether oxygens (including phenoxy) is 3. The van der Waals surface area contributed by atoms with Gasteiger partial charge in [0.1, 0.15) is 31.3 Å². The first-order valence-corrected chi connectivity index (χ1v) is 12.9. The van der Waals surface area contributed by atoms with Gasteiger partial charge in [-0.3, -0.25) is 14.5 Å². The number of aromatic nitrogens is 1. The zero-order valence-electron chi connectivity index (χ0n) is 20.1. The Morgan fingerprint density at radius 3 is 2.61 bits per heavy atom. The van der Waals surface area contributed by atoms with Crippen molar-refractivity contribution in [3.05, 3.63) is 107 Å². The minimum absolute atomic E-state index is 0.0397. The molecule has 3 aromatic carbocycles. The van der Waals surface area contributed by atoms with Crippen LogP contribution >= 0.6 is 11.3 Å². The normalized spacial score (nSPS) is 18.0. The number of aliphatic hydroxyl groups excluding tert-OH is 1. The van der Waals surface area contributed by atoms with Gasteiger partial charge in [0.25, 0.3) is 5.78 Å². The number of thiazole rings is 1. The maximum absolute atomic E-state index is 13.4. The topological polar surface area (TPSA) is 98.2 Å². The van der Waals surface area contributed by atoms with E-state index in [0.717, 1.165) is 5.56 Å². The summed E-state index contributed by atoms with van der Waals surface area (Å²) in [5.41, 5.74) is 1.91. The first-order valence-electron chi connectivity index (χ1n) is 12.0. The molecule has 1 amide bonds. The number of amides is 1. The smallest absolute Gasteiger partial charge is 0.301 e. The molecule has 0 saturated carbocycles. The van der Waals surface area contributed by atoms with Crippen LogP contribution in [0.1, 0.15) is 22.7 Å². The maximum Gasteiger partial charge on any atom is 0.301 e. The molecule has 1 atom stereocenters. The van der Waals surface area contributed by atoms with Gasteiger partial charge >= 0.3 is 5.91 Å². The van der Waals surface area contributed by atoms with E-state index in [0.29, 0.717) is 53.3 Å². The number of benzene rings is 3. The summed E-state index contributed by atoms with van der Waals surface area (Å²) in [5, 5.41) is 13.5. The average Bonchev–Trinajstić information content (AvgIpc) is 3.58. The lowest BCUT2D eigenvalue weighted by molar-refractivity contribution is -0.132. The van der Waals surface area contributed by atoms with E-state index < -0.39 is 17.7 Å². The molecule has 0 bridgehead atoms. The van der Waals surface area contributed by atoms with Crippen LogP contribution in [0.2, 0.25) is 0 Å². The number of carbonyl (C=O) groups excluding carboxylic acids is 2. The Labute approximate surface area is 222 Å². The second-order valence-electron chi connectivity index (χ2n) is 8.69. The van der Waals surface area contributed by atoms with Crippen LogP contribution in [0.15, 0.2) is 89.9 Å². The highest BCUT2D eigenvalue weighted by Crippen LogP contribution is 2.44. The molecule has 0 aliphatic carbocycles. The Kier molecular flexibility index (Phi) is 6.27. The first kappa shape index (κ1) is 23.7. The fourth-order valence-electron chi connectivity index (χ4n) is 4.54. The van der Waals surface area contributed by atoms with Crippen molar-refractivity contribution in [1.82, 2.24) is 4.98 Å². The zero-order chi connectivity index (χ0) is 26.1. The lowest BCUT2D eigenvalue weighted by Crippen LogP contribution is -2.29. The van der Waals surface area contributed by atoms with Gasteiger partial charge in [-0.05, 0) is 41.5 Å². The number of rotatable bonds is 6. The van der Waals surface area contributed by atoms with E-state index in [1.807, 2.05) is 36.4 Å². The number of hydrogen-bond acceptors (Lipinski definition) is 8. The number of ketones is 1. The summed E-state index contributed by atoms with van der Waals surface area (Å²) in [4.78, 5) is 32.3. The van der Waals surface area contributed by atoms with Gasteiger partial charge in [-0.1, -0.05) is 42.5 Å². The van der Waals surface area contributed by atoms with Crippen LogP contribution in [0, 0.1) is 0 Å². The number of hydrogen-bond donors (Lipinski definition) is 1. The lowest BCUT2D eigenvalue weighted by Gasteiger charge is -2.23. The minimum Gasteiger partial charge on any atom is -0.507 e. The van der Waals surface area contributed by atoms with Gasteiger partial charge in [-0.15, -0.1) is 11.3 Å². The van der Waals surface area contributed by atoms with Crippen LogP contribution in [0.5, 0.6) is 17.2 Å². The summed E-state index contributed by atoms with van der Waals surface area (Å²) < 4.78 is 17.2. The molecule has 190 valence electrons. The number of anilines is 1. The molecule has 3 heterocycles. The van der Waals surface area contributed by atoms with E-state index in [-0.39, 0.29) is 11.3 Å². The molecule has 38 heavy (non-hydrogen) atoms. The molecular formula is C29H22N2O6S. The van der Waals surface area contributed by atoms with Crippen LogP contribution in [0.25, 0.3) is 5.76 Å². The first-order chi connectivity index (χ1) is 18.6. The molecule has 9 heteroatoms. The summed E-state index contributed by atoms with van der Waals surface area (Å²) in [6.45, 7) is 1.16. The quantitative estimate of drug-likeness (QED) is 0.212. The van der Waals surface area contributed by atoms with Crippen molar-refractivity contribution in [1.29, 1.82) is 0 Å². The zero-order valence-corrected chi connectivity index (χ0v) is 20.9. The fraction of sp³-hybridized carbons (Fsp3) is 0.138. The Bertz CT molecular complexity index is 1530. The molecular weight excluding hydrogens is 504 g/mol. The van der Waals surface area contributed by atoms with Crippen molar-refractivity contribution in [3.8, 4) is 17.2 Å². The predicted molar refractivity (Wildman–Crippen MR) is 142 cm³/mol. The van der Waals surface area contributed by atoms with Crippen LogP contribution < -0.4 is 19.1 Å². The second kappa shape index (κ2) is 10.0. The molecule has 1 aromatic heterocycles. The third-order valence-electron chi connectivity index (χ3n) is 6.31. The highest BCUT2D eigenvalue weighted by atomic mass is 32.1. The van der Waals surface area contributed by atoms with Crippen molar-refractivity contribution in [2.24, 2.45) is 0 Å². The molecule has 1 saturated heterocycles. The standard InChI is InChI=1S/C29H22N2O6S/c32-26(20-9-10-22-23(16-20)36-13-12-35-22)24-25(31(28(34)27(24)33)29-30-11-14-38-29)19-7-4-8-21(15-19)37-17-18-5-2-1-3-6-18/h1-11,14-16,25,32H,12-13,17H2. The Hall–Kier alpha value is -4.63. The number of carbonyl (C=O) groups is 2. The molecule has 2 aliphatic rings. The predicted octanol–water partition coefficient (Wildman–Crippen LogP) is 5.12. The molecule has 8 nitrogen and oxygen atoms in total. The van der Waals surface area contributed by atoms with E-state index in [4.69, 9.17) is 14.2 Å². The highest BCUT2D eigenvalue weighted by molar-refractivity contribution is 7.14. The van der Waals surface area contributed by atoms with Crippen molar-refractivity contribution < 1.29 is 28.9 Å². The lowest BCUT2D eigenvalue weighted by atomic mass is 9.95. The van der Waals surface area contributed by atoms with Gasteiger partial charge in [-0.2, -0.15) is 0 Å². The summed E-state index contributed by atoms with van der Waals surface area (Å²) in [6, 6.07) is 20.9. The fourth-order valence-corrected chi connectivity index (χ4v) is 5.21. The van der Waals surface area contributed by atoms with Crippen molar-refractivity contribution in [2.75, 3.05) is 18.1 Å². The number of Topliss-reactive ketones (excluding diaryl/α,β-unsaturated/α-hetero) is 1. The molecule has 0 radical (unpaired) electrons. The SMILES string of the molecule is O=C1C(=O)N(c2nccs2)C(c2cccc(OCc3ccccc3)c2)C1=C(O)c1ccc2c(c1)OCCO2. The van der Waals surface area contributed by atoms with Crippen LogP contribution in [-0.2, 0) is 16.2 Å². The van der Waals surface area contributed by atoms with E-state index in [9.17, 15) is 14.7 Å². The van der Waals surface area contributed by atoms with Gasteiger partial charge < -0.3 is 19.3 Å². The summed E-state index contributed by atoms with van der Waals surface area (Å²) in [5.74, 6) is -0.290. The third-order valence-corrected chi connectivity index (χ3v) is 7.08. The van der Waals surface area contributed by atoms with Gasteiger partial charge in [0.15, 0.2) is 16.6 Å². The van der Waals surface area contributed by atoms with E-state index in [2.05, 4.69) is 4.98 Å². The molecule has 1 N–H and O–H groups in total. The van der Waals surface area contributed by atoms with Crippen LogP contribution in [-0.4, -0.2) is 35.0 Å². The van der Waals surface area contributed by atoms with E-state index in [1.165, 1.54) is 16.2 Å². The Balaban J connectivity index is 1.43. The van der Waals surface area contributed by atoms with Gasteiger partial charge in [0.2, 0.25) is 0 Å². The molecule has 1 fully saturated rings. The van der Waals surface area contributed by atoms with Crippen molar-refractivity contribution >= 4 is 33.9 Å². The van der Waals surface area contributed by atoms with E-state index in [1.54, 1.807) is 48.0 Å². The molecule has 1 unspecified atom stereocenters. The Morgan fingerprint density at radius 2 is 1.82 bits per heavy atom. The number of nitrogens with zero attached hydrogens (tertiary/aromatic N) is 2. The van der Waals surface area contributed by atoms with Crippen molar-refractivity contribution in [3.63, 3.8) is 0 Å². The second-order valence-corrected chi connectivity index (χ2v) is 9.56. The monoisotopic (exact) mass is 526 g/mol. The van der Waals surface area contributed by atoms with Gasteiger partial charge in [0.05, 0.1) is 11.6 Å². The summed E-state index contributed by atoms with van der Waals surface area (Å²) in [6.07, 6.45) is 1.57. The largest absolute Gasteiger partial charge is 0.507 e. The summed E-state index contributed by atoms with van der Waals surface area (Å²) in [7, 11) is 0. The van der Waals surface area contributed by atoms with Crippen LogP contribution in [0.4, 0.5) is 5.13 Å². The third kappa shape index (κ3) is 4.37. The van der Waals surface area contributed by atoms with Crippen LogP contribution in [0.3, 0.4) is 0 Å². The van der Waals surface area contributed by atoms with E-state index >= 15 is 0 Å². The maximum atomic E-state index is 13.4. The van der Waals surface area contributed by atoms with Gasteiger partial charge in [0, 0.05) is 17.1 Å². The average molecular weight is 527 g/mol. The number of aliphatic hydroxyl groups is 1. The summed E-state index contributed by atoms with van der Waals surface area (Å²) >= 11 is 1.23. The molecule has 4 aromatic rings. The number of fused-ring (bicyclic) bond motifs is 1. The molecule has 0 spiro atoms. The Morgan fingerprint density at radius 1 is 1.00 bits per heavy atom. The minimum atomic E-state index is -0.908.